The summed E-state index contributed by atoms with van der Waals surface area (Å²) >= 11 is 3.43. The third-order valence-corrected chi connectivity index (χ3v) is 3.86. The molecule has 0 aliphatic carbocycles. The van der Waals surface area contributed by atoms with E-state index >= 15 is 0 Å². The van der Waals surface area contributed by atoms with Crippen LogP contribution in [0.3, 0.4) is 0 Å². The van der Waals surface area contributed by atoms with Crippen LogP contribution < -0.4 is 14.8 Å². The summed E-state index contributed by atoms with van der Waals surface area (Å²) in [6, 6.07) is 3.52. The van der Waals surface area contributed by atoms with Crippen molar-refractivity contribution in [1.82, 2.24) is 5.32 Å². The summed E-state index contributed by atoms with van der Waals surface area (Å²) in [6.45, 7) is 9.02. The molecule has 0 unspecified atom stereocenters. The Morgan fingerprint density at radius 1 is 1.12 bits per heavy atom. The highest BCUT2D eigenvalue weighted by atomic mass is 79.9. The Kier molecular flexibility index (Phi) is 9.34. The van der Waals surface area contributed by atoms with Crippen molar-refractivity contribution >= 4 is 27.8 Å². The summed E-state index contributed by atoms with van der Waals surface area (Å²) in [5, 5.41) is 2.70. The molecule has 0 aromatic heterocycles. The lowest BCUT2D eigenvalue weighted by molar-refractivity contribution is -0.147. The van der Waals surface area contributed by atoms with Crippen LogP contribution in [0.15, 0.2) is 16.6 Å². The van der Waals surface area contributed by atoms with Crippen LogP contribution in [0.5, 0.6) is 11.5 Å². The maximum absolute atomic E-state index is 12.0. The smallest absolute Gasteiger partial charge is 0.310 e. The number of amides is 1. The summed E-state index contributed by atoms with van der Waals surface area (Å²) in [5.74, 6) is 0.748. The zero-order valence-electron chi connectivity index (χ0n) is 15.2. The van der Waals surface area contributed by atoms with Crippen molar-refractivity contribution in [2.45, 2.75) is 34.1 Å². The summed E-state index contributed by atoms with van der Waals surface area (Å²) in [7, 11) is 0. The zero-order chi connectivity index (χ0) is 18.8. The van der Waals surface area contributed by atoms with Gasteiger partial charge in [0, 0.05) is 11.0 Å². The Morgan fingerprint density at radius 3 is 2.28 bits per heavy atom. The highest BCUT2D eigenvalue weighted by Crippen LogP contribution is 2.34. The second-order valence-electron chi connectivity index (χ2n) is 5.79. The molecule has 6 nitrogen and oxygen atoms in total. The lowest BCUT2D eigenvalue weighted by Crippen LogP contribution is -2.31. The standard InChI is InChI=1S/C18H26BrNO5/c1-5-23-15-7-13(14(19)9-16(15)24-6-2)8-18(22)25-11-17(21)20-10-12(3)4/h7,9,12H,5-6,8,10-11H2,1-4H3,(H,20,21). The molecule has 1 N–H and O–H groups in total. The highest BCUT2D eigenvalue weighted by molar-refractivity contribution is 9.10. The van der Waals surface area contributed by atoms with E-state index in [-0.39, 0.29) is 18.9 Å². The number of halogens is 1. The minimum absolute atomic E-state index is 0.0323. The third kappa shape index (κ3) is 7.77. The van der Waals surface area contributed by atoms with Crippen LogP contribution in [0.1, 0.15) is 33.3 Å². The van der Waals surface area contributed by atoms with Crippen molar-refractivity contribution < 1.29 is 23.8 Å². The molecule has 1 amide bonds. The van der Waals surface area contributed by atoms with Gasteiger partial charge in [-0.15, -0.1) is 0 Å². The normalized spacial score (nSPS) is 10.5. The molecule has 0 spiro atoms. The average molecular weight is 416 g/mol. The van der Waals surface area contributed by atoms with Crippen LogP contribution in [-0.2, 0) is 20.7 Å². The van der Waals surface area contributed by atoms with Gasteiger partial charge < -0.3 is 19.5 Å². The molecule has 140 valence electrons. The van der Waals surface area contributed by atoms with Crippen LogP contribution in [0, 0.1) is 5.92 Å². The first kappa shape index (κ1) is 21.3. The minimum Gasteiger partial charge on any atom is -0.490 e. The van der Waals surface area contributed by atoms with E-state index in [4.69, 9.17) is 14.2 Å². The average Bonchev–Trinajstić information content (AvgIpc) is 2.55. The molecule has 1 rings (SSSR count). The predicted molar refractivity (Wildman–Crippen MR) is 99.0 cm³/mol. The molecule has 25 heavy (non-hydrogen) atoms. The molecule has 0 heterocycles. The van der Waals surface area contributed by atoms with Crippen molar-refractivity contribution in [3.05, 3.63) is 22.2 Å². The van der Waals surface area contributed by atoms with Crippen molar-refractivity contribution in [3.63, 3.8) is 0 Å². The summed E-state index contributed by atoms with van der Waals surface area (Å²) in [4.78, 5) is 23.6. The second kappa shape index (κ2) is 11.0. The Morgan fingerprint density at radius 2 is 1.72 bits per heavy atom. The number of hydrogen-bond donors (Lipinski definition) is 1. The molecule has 0 bridgehead atoms. The molecular formula is C18H26BrNO5. The molecule has 0 aliphatic rings. The maximum Gasteiger partial charge on any atom is 0.310 e. The van der Waals surface area contributed by atoms with Gasteiger partial charge in [-0.3, -0.25) is 9.59 Å². The van der Waals surface area contributed by atoms with Gasteiger partial charge in [-0.05, 0) is 37.5 Å². The van der Waals surface area contributed by atoms with E-state index in [9.17, 15) is 9.59 Å². The van der Waals surface area contributed by atoms with Crippen LogP contribution in [0.25, 0.3) is 0 Å². The van der Waals surface area contributed by atoms with E-state index in [1.165, 1.54) is 0 Å². The van der Waals surface area contributed by atoms with Gasteiger partial charge in [-0.25, -0.2) is 0 Å². The number of rotatable bonds is 10. The number of ether oxygens (including phenoxy) is 3. The lowest BCUT2D eigenvalue weighted by Gasteiger charge is -2.14. The quantitative estimate of drug-likeness (QED) is 0.594. The van der Waals surface area contributed by atoms with Gasteiger partial charge >= 0.3 is 5.97 Å². The van der Waals surface area contributed by atoms with E-state index in [0.29, 0.717) is 42.7 Å². The number of nitrogens with one attached hydrogen (secondary N) is 1. The Labute approximate surface area is 157 Å². The molecule has 0 atom stereocenters. The molecule has 1 aromatic rings. The van der Waals surface area contributed by atoms with Gasteiger partial charge in [-0.1, -0.05) is 29.8 Å². The molecule has 0 aliphatic heterocycles. The lowest BCUT2D eigenvalue weighted by atomic mass is 10.1. The topological polar surface area (TPSA) is 73.9 Å². The number of esters is 1. The van der Waals surface area contributed by atoms with Crippen molar-refractivity contribution in [2.75, 3.05) is 26.4 Å². The van der Waals surface area contributed by atoms with Crippen molar-refractivity contribution in [3.8, 4) is 11.5 Å². The third-order valence-electron chi connectivity index (χ3n) is 3.12. The molecular weight excluding hydrogens is 390 g/mol. The van der Waals surface area contributed by atoms with Gasteiger partial charge in [0.15, 0.2) is 18.1 Å². The van der Waals surface area contributed by atoms with Crippen LogP contribution in [-0.4, -0.2) is 38.2 Å². The van der Waals surface area contributed by atoms with Gasteiger partial charge in [0.2, 0.25) is 0 Å². The van der Waals surface area contributed by atoms with Gasteiger partial charge in [0.05, 0.1) is 19.6 Å². The predicted octanol–water partition coefficient (Wildman–Crippen LogP) is 3.10. The SMILES string of the molecule is CCOc1cc(Br)c(CC(=O)OCC(=O)NCC(C)C)cc1OCC. The van der Waals surface area contributed by atoms with Gasteiger partial charge in [0.1, 0.15) is 0 Å². The number of benzene rings is 1. The van der Waals surface area contributed by atoms with E-state index in [1.807, 2.05) is 27.7 Å². The number of carbonyl (C=O) groups excluding carboxylic acids is 2. The fourth-order valence-corrected chi connectivity index (χ4v) is 2.43. The van der Waals surface area contributed by atoms with Gasteiger partial charge in [-0.2, -0.15) is 0 Å². The molecule has 0 saturated heterocycles. The van der Waals surface area contributed by atoms with Crippen LogP contribution in [0.2, 0.25) is 0 Å². The monoisotopic (exact) mass is 415 g/mol. The largest absolute Gasteiger partial charge is 0.490 e. The van der Waals surface area contributed by atoms with Crippen molar-refractivity contribution in [2.24, 2.45) is 5.92 Å². The first-order valence-corrected chi connectivity index (χ1v) is 9.16. The first-order chi connectivity index (χ1) is 11.9. The molecule has 0 fully saturated rings. The van der Waals surface area contributed by atoms with E-state index < -0.39 is 5.97 Å². The summed E-state index contributed by atoms with van der Waals surface area (Å²) in [5.41, 5.74) is 0.708. The fourth-order valence-electron chi connectivity index (χ4n) is 1.97. The van der Waals surface area contributed by atoms with E-state index in [1.54, 1.807) is 12.1 Å². The Balaban J connectivity index is 2.67. The highest BCUT2D eigenvalue weighted by Gasteiger charge is 2.15. The number of carbonyl (C=O) groups is 2. The van der Waals surface area contributed by atoms with E-state index in [0.717, 1.165) is 4.47 Å². The maximum atomic E-state index is 12.0. The Hall–Kier alpha value is -1.76. The van der Waals surface area contributed by atoms with E-state index in [2.05, 4.69) is 21.2 Å². The van der Waals surface area contributed by atoms with Gasteiger partial charge in [0.25, 0.3) is 5.91 Å². The fraction of sp³-hybridized carbons (Fsp3) is 0.556. The molecule has 0 saturated carbocycles. The number of hydrogen-bond acceptors (Lipinski definition) is 5. The molecule has 1 aromatic carbocycles. The summed E-state index contributed by atoms with van der Waals surface area (Å²) in [6.07, 6.45) is 0.0323. The van der Waals surface area contributed by atoms with Crippen molar-refractivity contribution in [1.29, 1.82) is 0 Å². The Bertz CT molecular complexity index is 589. The minimum atomic E-state index is -0.480. The molecule has 7 heteroatoms. The van der Waals surface area contributed by atoms with Crippen LogP contribution >= 0.6 is 15.9 Å². The van der Waals surface area contributed by atoms with Crippen LogP contribution in [0.4, 0.5) is 0 Å². The summed E-state index contributed by atoms with van der Waals surface area (Å²) < 4.78 is 16.8. The zero-order valence-corrected chi connectivity index (χ0v) is 16.8. The molecule has 0 radical (unpaired) electrons. The first-order valence-electron chi connectivity index (χ1n) is 8.37. The second-order valence-corrected chi connectivity index (χ2v) is 6.65.